The Hall–Kier alpha value is -0.810. The van der Waals surface area contributed by atoms with Gasteiger partial charge in [0.05, 0.1) is 0 Å². The van der Waals surface area contributed by atoms with Gasteiger partial charge in [-0.05, 0) is 28.9 Å². The molecule has 0 radical (unpaired) electrons. The Bertz CT molecular complexity index is 363. The zero-order chi connectivity index (χ0) is 10.8. The summed E-state index contributed by atoms with van der Waals surface area (Å²) in [6.45, 7) is 4.51. The summed E-state index contributed by atoms with van der Waals surface area (Å²) in [6.07, 6.45) is 1.78. The molecule has 82 valence electrons. The molecular weight excluding hydrogens is 258 g/mol. The molecular formula is C10H14BrN3O. The number of carbonyl (C=O) groups excluding carboxylic acids is 1. The Morgan fingerprint density at radius 3 is 3.07 bits per heavy atom. The van der Waals surface area contributed by atoms with E-state index in [1.807, 2.05) is 11.0 Å². The van der Waals surface area contributed by atoms with Crippen molar-refractivity contribution < 1.29 is 4.79 Å². The van der Waals surface area contributed by atoms with Gasteiger partial charge in [-0.15, -0.1) is 0 Å². The van der Waals surface area contributed by atoms with Crippen LogP contribution in [-0.4, -0.2) is 41.5 Å². The lowest BCUT2D eigenvalue weighted by molar-refractivity contribution is 0.0704. The molecule has 2 heterocycles. The second-order valence-electron chi connectivity index (χ2n) is 3.84. The lowest BCUT2D eigenvalue weighted by Crippen LogP contribution is -2.51. The molecule has 1 aliphatic rings. The van der Waals surface area contributed by atoms with Gasteiger partial charge in [0.15, 0.2) is 0 Å². The van der Waals surface area contributed by atoms with Crippen LogP contribution in [0.3, 0.4) is 0 Å². The van der Waals surface area contributed by atoms with Crippen molar-refractivity contribution >= 4 is 21.8 Å². The van der Waals surface area contributed by atoms with Crippen molar-refractivity contribution in [2.75, 3.05) is 19.6 Å². The summed E-state index contributed by atoms with van der Waals surface area (Å²) >= 11 is 3.32. The smallest absolute Gasteiger partial charge is 0.270 e. The maximum atomic E-state index is 12.0. The zero-order valence-electron chi connectivity index (χ0n) is 8.59. The third-order valence-electron chi connectivity index (χ3n) is 2.53. The van der Waals surface area contributed by atoms with Gasteiger partial charge in [0, 0.05) is 36.3 Å². The summed E-state index contributed by atoms with van der Waals surface area (Å²) in [5.74, 6) is 0.0778. The van der Waals surface area contributed by atoms with Gasteiger partial charge in [0.2, 0.25) is 0 Å². The topological polar surface area (TPSA) is 48.1 Å². The molecule has 0 aromatic carbocycles. The Morgan fingerprint density at radius 2 is 2.47 bits per heavy atom. The first kappa shape index (κ1) is 10.7. The molecule has 1 amide bonds. The van der Waals surface area contributed by atoms with Crippen molar-refractivity contribution in [3.63, 3.8) is 0 Å². The van der Waals surface area contributed by atoms with Crippen LogP contribution in [0.5, 0.6) is 0 Å². The molecule has 15 heavy (non-hydrogen) atoms. The van der Waals surface area contributed by atoms with E-state index < -0.39 is 0 Å². The minimum atomic E-state index is 0.0778. The van der Waals surface area contributed by atoms with Crippen LogP contribution >= 0.6 is 15.9 Å². The molecule has 1 saturated heterocycles. The number of piperazine rings is 1. The number of amides is 1. The van der Waals surface area contributed by atoms with Gasteiger partial charge in [-0.2, -0.15) is 0 Å². The average Bonchev–Trinajstić information content (AvgIpc) is 2.64. The zero-order valence-corrected chi connectivity index (χ0v) is 10.2. The number of carbonyl (C=O) groups is 1. The molecule has 2 N–H and O–H groups in total. The maximum Gasteiger partial charge on any atom is 0.270 e. The molecule has 0 aliphatic carbocycles. The standard InChI is InChI=1S/C10H14BrN3O/c1-7-6-14(3-2-12-7)10(15)9-4-8(11)5-13-9/h4-5,7,12-13H,2-3,6H2,1H3/t7-/m1/s1. The largest absolute Gasteiger partial charge is 0.356 e. The molecule has 1 aromatic heterocycles. The van der Waals surface area contributed by atoms with E-state index in [9.17, 15) is 4.79 Å². The fourth-order valence-electron chi connectivity index (χ4n) is 1.78. The van der Waals surface area contributed by atoms with Crippen LogP contribution in [0.4, 0.5) is 0 Å². The van der Waals surface area contributed by atoms with Gasteiger partial charge >= 0.3 is 0 Å². The van der Waals surface area contributed by atoms with Gasteiger partial charge in [-0.3, -0.25) is 4.79 Å². The maximum absolute atomic E-state index is 12.0. The number of nitrogens with one attached hydrogen (secondary N) is 2. The molecule has 1 atom stereocenters. The van der Waals surface area contributed by atoms with Gasteiger partial charge in [-0.1, -0.05) is 0 Å². The van der Waals surface area contributed by atoms with Crippen LogP contribution in [-0.2, 0) is 0 Å². The van der Waals surface area contributed by atoms with Crippen LogP contribution in [0, 0.1) is 0 Å². The quantitative estimate of drug-likeness (QED) is 0.807. The summed E-state index contributed by atoms with van der Waals surface area (Å²) in [7, 11) is 0. The van der Waals surface area contributed by atoms with Gasteiger partial charge < -0.3 is 15.2 Å². The molecule has 2 rings (SSSR count). The first-order valence-corrected chi connectivity index (χ1v) is 5.82. The predicted molar refractivity (Wildman–Crippen MR) is 61.9 cm³/mol. The number of rotatable bonds is 1. The van der Waals surface area contributed by atoms with Crippen molar-refractivity contribution in [1.29, 1.82) is 0 Å². The van der Waals surface area contributed by atoms with Crippen LogP contribution in [0.1, 0.15) is 17.4 Å². The Kier molecular flexibility index (Phi) is 3.11. The number of hydrogen-bond acceptors (Lipinski definition) is 2. The molecule has 5 heteroatoms. The average molecular weight is 272 g/mol. The highest BCUT2D eigenvalue weighted by Crippen LogP contribution is 2.13. The molecule has 0 bridgehead atoms. The van der Waals surface area contributed by atoms with E-state index in [4.69, 9.17) is 0 Å². The SMILES string of the molecule is C[C@@H]1CN(C(=O)c2cc(Br)c[nH]2)CCN1. The lowest BCUT2D eigenvalue weighted by Gasteiger charge is -2.31. The number of halogens is 1. The number of aromatic nitrogens is 1. The summed E-state index contributed by atoms with van der Waals surface area (Å²) < 4.78 is 0.911. The second-order valence-corrected chi connectivity index (χ2v) is 4.75. The van der Waals surface area contributed by atoms with Crippen LogP contribution in [0.2, 0.25) is 0 Å². The predicted octanol–water partition coefficient (Wildman–Crippen LogP) is 1.21. The first-order valence-electron chi connectivity index (χ1n) is 5.03. The van der Waals surface area contributed by atoms with Gasteiger partial charge in [0.1, 0.15) is 5.69 Å². The summed E-state index contributed by atoms with van der Waals surface area (Å²) in [5.41, 5.74) is 0.649. The lowest BCUT2D eigenvalue weighted by atomic mass is 10.2. The molecule has 0 spiro atoms. The van der Waals surface area contributed by atoms with Crippen molar-refractivity contribution in [1.82, 2.24) is 15.2 Å². The monoisotopic (exact) mass is 271 g/mol. The molecule has 1 aliphatic heterocycles. The Balaban J connectivity index is 2.07. The molecule has 4 nitrogen and oxygen atoms in total. The highest BCUT2D eigenvalue weighted by atomic mass is 79.9. The van der Waals surface area contributed by atoms with Crippen LogP contribution in [0.15, 0.2) is 16.7 Å². The Morgan fingerprint density at radius 1 is 1.67 bits per heavy atom. The fourth-order valence-corrected chi connectivity index (χ4v) is 2.12. The Labute approximate surface area is 97.2 Å². The van der Waals surface area contributed by atoms with Gasteiger partial charge in [-0.25, -0.2) is 0 Å². The van der Waals surface area contributed by atoms with Crippen LogP contribution < -0.4 is 5.32 Å². The van der Waals surface area contributed by atoms with E-state index in [-0.39, 0.29) is 5.91 Å². The van der Waals surface area contributed by atoms with E-state index >= 15 is 0 Å². The third kappa shape index (κ3) is 2.41. The molecule has 1 aromatic rings. The minimum Gasteiger partial charge on any atom is -0.356 e. The summed E-state index contributed by atoms with van der Waals surface area (Å²) in [5, 5.41) is 3.31. The number of hydrogen-bond donors (Lipinski definition) is 2. The van der Waals surface area contributed by atoms with Gasteiger partial charge in [0.25, 0.3) is 5.91 Å². The highest BCUT2D eigenvalue weighted by Gasteiger charge is 2.22. The number of nitrogens with zero attached hydrogens (tertiary/aromatic N) is 1. The number of H-pyrrole nitrogens is 1. The number of aromatic amines is 1. The minimum absolute atomic E-state index is 0.0778. The van der Waals surface area contributed by atoms with Crippen molar-refractivity contribution in [2.45, 2.75) is 13.0 Å². The van der Waals surface area contributed by atoms with Crippen molar-refractivity contribution in [2.24, 2.45) is 0 Å². The summed E-state index contributed by atoms with van der Waals surface area (Å²) in [6, 6.07) is 2.19. The molecule has 0 unspecified atom stereocenters. The van der Waals surface area contributed by atoms with Crippen LogP contribution in [0.25, 0.3) is 0 Å². The fraction of sp³-hybridized carbons (Fsp3) is 0.500. The normalized spacial score (nSPS) is 21.7. The van der Waals surface area contributed by atoms with E-state index in [0.29, 0.717) is 11.7 Å². The van der Waals surface area contributed by atoms with Crippen molar-refractivity contribution in [3.05, 3.63) is 22.4 Å². The van der Waals surface area contributed by atoms with Crippen molar-refractivity contribution in [3.8, 4) is 0 Å². The summed E-state index contributed by atoms with van der Waals surface area (Å²) in [4.78, 5) is 16.8. The third-order valence-corrected chi connectivity index (χ3v) is 2.99. The van der Waals surface area contributed by atoms with E-state index in [1.165, 1.54) is 0 Å². The second kappa shape index (κ2) is 4.37. The van der Waals surface area contributed by atoms with E-state index in [2.05, 4.69) is 33.2 Å². The van der Waals surface area contributed by atoms with E-state index in [1.54, 1.807) is 6.20 Å². The molecule has 0 saturated carbocycles. The van der Waals surface area contributed by atoms with E-state index in [0.717, 1.165) is 24.1 Å². The molecule has 1 fully saturated rings. The highest BCUT2D eigenvalue weighted by molar-refractivity contribution is 9.10. The first-order chi connectivity index (χ1) is 7.16.